The minimum Gasteiger partial charge on any atom is -0.492 e. The fourth-order valence-corrected chi connectivity index (χ4v) is 3.18. The fourth-order valence-electron chi connectivity index (χ4n) is 3.18. The van der Waals surface area contributed by atoms with Crippen molar-refractivity contribution in [1.82, 2.24) is 15.0 Å². The molecule has 1 unspecified atom stereocenters. The topological polar surface area (TPSA) is 86.9 Å². The third-order valence-corrected chi connectivity index (χ3v) is 4.38. The van der Waals surface area contributed by atoms with Crippen LogP contribution in [0, 0.1) is 0 Å². The molecular formula is C17H19N3O5. The number of benzene rings is 1. The standard InChI is InChI=1S/C17H19N3O5/c1-22-10-14-18-16(19-25-14)13-9-23-8-6-20(13)17(21)12-4-2-3-11-5-7-24-15(11)12/h2-4,13H,5-10H2,1H3. The molecule has 2 aliphatic rings. The van der Waals surface area contributed by atoms with E-state index in [-0.39, 0.29) is 12.5 Å². The zero-order valence-corrected chi connectivity index (χ0v) is 13.9. The molecule has 0 radical (unpaired) electrons. The predicted molar refractivity (Wildman–Crippen MR) is 85.2 cm³/mol. The lowest BCUT2D eigenvalue weighted by Gasteiger charge is -2.34. The molecule has 132 valence electrons. The van der Waals surface area contributed by atoms with Crippen molar-refractivity contribution < 1.29 is 23.5 Å². The Bertz CT molecular complexity index is 775. The van der Waals surface area contributed by atoms with Crippen molar-refractivity contribution in [3.63, 3.8) is 0 Å². The van der Waals surface area contributed by atoms with Gasteiger partial charge >= 0.3 is 0 Å². The van der Waals surface area contributed by atoms with Crippen molar-refractivity contribution in [2.75, 3.05) is 33.5 Å². The number of fused-ring (bicyclic) bond motifs is 1. The van der Waals surface area contributed by atoms with Gasteiger partial charge in [-0.15, -0.1) is 0 Å². The largest absolute Gasteiger partial charge is 0.492 e. The molecule has 0 aliphatic carbocycles. The van der Waals surface area contributed by atoms with Gasteiger partial charge in [0, 0.05) is 20.1 Å². The van der Waals surface area contributed by atoms with Crippen LogP contribution in [0.5, 0.6) is 5.75 Å². The van der Waals surface area contributed by atoms with Gasteiger partial charge < -0.3 is 23.6 Å². The highest BCUT2D eigenvalue weighted by Gasteiger charge is 2.34. The van der Waals surface area contributed by atoms with Gasteiger partial charge in [0.1, 0.15) is 18.4 Å². The number of nitrogens with zero attached hydrogens (tertiary/aromatic N) is 3. The van der Waals surface area contributed by atoms with Gasteiger partial charge in [-0.25, -0.2) is 0 Å². The number of morpholine rings is 1. The number of hydrogen-bond donors (Lipinski definition) is 0. The lowest BCUT2D eigenvalue weighted by molar-refractivity contribution is -0.00591. The molecule has 1 fully saturated rings. The van der Waals surface area contributed by atoms with Gasteiger partial charge in [-0.05, 0) is 11.6 Å². The van der Waals surface area contributed by atoms with Crippen LogP contribution in [0.1, 0.15) is 33.7 Å². The first-order valence-corrected chi connectivity index (χ1v) is 8.22. The van der Waals surface area contributed by atoms with E-state index in [4.69, 9.17) is 18.7 Å². The highest BCUT2D eigenvalue weighted by Crippen LogP contribution is 2.32. The van der Waals surface area contributed by atoms with Crippen LogP contribution in [0.2, 0.25) is 0 Å². The van der Waals surface area contributed by atoms with Crippen molar-refractivity contribution >= 4 is 5.91 Å². The van der Waals surface area contributed by atoms with Crippen molar-refractivity contribution in [2.24, 2.45) is 0 Å². The SMILES string of the molecule is COCc1nc(C2COCCN2C(=O)c2cccc3c2OCC3)no1. The van der Waals surface area contributed by atoms with E-state index >= 15 is 0 Å². The third-order valence-electron chi connectivity index (χ3n) is 4.38. The first-order chi connectivity index (χ1) is 12.3. The van der Waals surface area contributed by atoms with E-state index in [1.165, 1.54) is 0 Å². The van der Waals surface area contributed by atoms with Crippen molar-refractivity contribution in [3.8, 4) is 5.75 Å². The summed E-state index contributed by atoms with van der Waals surface area (Å²) in [6.07, 6.45) is 0.828. The Morgan fingerprint density at radius 2 is 2.32 bits per heavy atom. The molecular weight excluding hydrogens is 326 g/mol. The third kappa shape index (κ3) is 2.98. The summed E-state index contributed by atoms with van der Waals surface area (Å²) in [5, 5.41) is 3.99. The number of carbonyl (C=O) groups excluding carboxylic acids is 1. The minimum atomic E-state index is -0.395. The van der Waals surface area contributed by atoms with Gasteiger partial charge in [0.25, 0.3) is 11.8 Å². The Labute approximate surface area is 144 Å². The van der Waals surface area contributed by atoms with Gasteiger partial charge in [-0.2, -0.15) is 4.98 Å². The average Bonchev–Trinajstić information content (AvgIpc) is 3.30. The van der Waals surface area contributed by atoms with Crippen LogP contribution < -0.4 is 4.74 Å². The van der Waals surface area contributed by atoms with E-state index < -0.39 is 6.04 Å². The first kappa shape index (κ1) is 16.0. The number of ether oxygens (including phenoxy) is 3. The summed E-state index contributed by atoms with van der Waals surface area (Å²) in [7, 11) is 1.55. The maximum Gasteiger partial charge on any atom is 0.258 e. The number of para-hydroxylation sites is 1. The molecule has 4 rings (SSSR count). The van der Waals surface area contributed by atoms with E-state index in [9.17, 15) is 4.79 Å². The number of aromatic nitrogens is 2. The van der Waals surface area contributed by atoms with E-state index in [1.807, 2.05) is 12.1 Å². The van der Waals surface area contributed by atoms with Crippen LogP contribution in [0.25, 0.3) is 0 Å². The normalized spacial score (nSPS) is 19.6. The molecule has 2 aliphatic heterocycles. The molecule has 8 heteroatoms. The van der Waals surface area contributed by atoms with Gasteiger partial charge in [-0.3, -0.25) is 4.79 Å². The van der Waals surface area contributed by atoms with Crippen molar-refractivity contribution in [2.45, 2.75) is 19.1 Å². The number of carbonyl (C=O) groups is 1. The average molecular weight is 345 g/mol. The molecule has 0 N–H and O–H groups in total. The Hall–Kier alpha value is -2.45. The number of methoxy groups -OCH3 is 1. The molecule has 0 spiro atoms. The van der Waals surface area contributed by atoms with E-state index in [0.29, 0.717) is 49.4 Å². The molecule has 1 amide bonds. The lowest BCUT2D eigenvalue weighted by Crippen LogP contribution is -2.44. The smallest absolute Gasteiger partial charge is 0.258 e. The minimum absolute atomic E-state index is 0.106. The summed E-state index contributed by atoms with van der Waals surface area (Å²) >= 11 is 0. The van der Waals surface area contributed by atoms with Crippen LogP contribution in [0.4, 0.5) is 0 Å². The van der Waals surface area contributed by atoms with E-state index in [2.05, 4.69) is 10.1 Å². The van der Waals surface area contributed by atoms with Gasteiger partial charge in [0.05, 0.1) is 25.4 Å². The molecule has 1 aromatic heterocycles. The molecule has 8 nitrogen and oxygen atoms in total. The molecule has 25 heavy (non-hydrogen) atoms. The van der Waals surface area contributed by atoms with Crippen molar-refractivity contribution in [3.05, 3.63) is 41.0 Å². The Kier molecular flexibility index (Phi) is 4.37. The highest BCUT2D eigenvalue weighted by molar-refractivity contribution is 5.97. The van der Waals surface area contributed by atoms with Crippen LogP contribution in [-0.2, 0) is 22.5 Å². The molecule has 2 aromatic rings. The molecule has 1 aromatic carbocycles. The molecule has 0 saturated carbocycles. The summed E-state index contributed by atoms with van der Waals surface area (Å²) in [6, 6.07) is 5.28. The van der Waals surface area contributed by atoms with Gasteiger partial charge in [-0.1, -0.05) is 17.3 Å². The van der Waals surface area contributed by atoms with Crippen molar-refractivity contribution in [1.29, 1.82) is 0 Å². The summed E-state index contributed by atoms with van der Waals surface area (Å²) in [6.45, 7) is 2.10. The summed E-state index contributed by atoms with van der Waals surface area (Å²) in [5.41, 5.74) is 1.64. The Morgan fingerprint density at radius 1 is 1.40 bits per heavy atom. The van der Waals surface area contributed by atoms with E-state index in [0.717, 1.165) is 12.0 Å². The fraction of sp³-hybridized carbons (Fsp3) is 0.471. The first-order valence-electron chi connectivity index (χ1n) is 8.22. The van der Waals surface area contributed by atoms with Crippen LogP contribution in [0.3, 0.4) is 0 Å². The second kappa shape index (κ2) is 6.81. The molecule has 0 bridgehead atoms. The number of rotatable bonds is 4. The van der Waals surface area contributed by atoms with Crippen LogP contribution >= 0.6 is 0 Å². The maximum atomic E-state index is 13.2. The molecule has 1 saturated heterocycles. The number of hydrogen-bond acceptors (Lipinski definition) is 7. The van der Waals surface area contributed by atoms with Crippen LogP contribution in [0.15, 0.2) is 22.7 Å². The van der Waals surface area contributed by atoms with Gasteiger partial charge in [0.15, 0.2) is 5.82 Å². The molecule has 1 atom stereocenters. The Balaban J connectivity index is 1.62. The zero-order valence-electron chi connectivity index (χ0n) is 13.9. The lowest BCUT2D eigenvalue weighted by atomic mass is 10.1. The second-order valence-corrected chi connectivity index (χ2v) is 5.96. The van der Waals surface area contributed by atoms with E-state index in [1.54, 1.807) is 18.1 Å². The summed E-state index contributed by atoms with van der Waals surface area (Å²) in [4.78, 5) is 19.2. The molecule has 3 heterocycles. The number of amides is 1. The van der Waals surface area contributed by atoms with Crippen LogP contribution in [-0.4, -0.2) is 54.4 Å². The Morgan fingerprint density at radius 3 is 3.20 bits per heavy atom. The summed E-state index contributed by atoms with van der Waals surface area (Å²) in [5.74, 6) is 1.38. The van der Waals surface area contributed by atoms with Gasteiger partial charge in [0.2, 0.25) is 0 Å². The monoisotopic (exact) mass is 345 g/mol. The quantitative estimate of drug-likeness (QED) is 0.827. The predicted octanol–water partition coefficient (Wildman–Crippen LogP) is 1.36. The second-order valence-electron chi connectivity index (χ2n) is 5.96. The highest BCUT2D eigenvalue weighted by atomic mass is 16.5. The maximum absolute atomic E-state index is 13.2. The zero-order chi connectivity index (χ0) is 17.2. The summed E-state index contributed by atoms with van der Waals surface area (Å²) < 4.78 is 21.4.